The maximum atomic E-state index is 2.91. The Morgan fingerprint density at radius 3 is 0.979 bits per heavy atom. The molecule has 0 unspecified atom stereocenters. The first-order valence-electron chi connectivity index (χ1n) is 18.2. The van der Waals surface area contributed by atoms with Crippen LogP contribution in [-0.4, -0.2) is 56.8 Å². The van der Waals surface area contributed by atoms with Crippen LogP contribution >= 0.6 is 0 Å². The predicted molar refractivity (Wildman–Crippen MR) is 237 cm³/mol. The molecule has 0 saturated carbocycles. The van der Waals surface area contributed by atoms with Gasteiger partial charge in [-0.2, -0.15) is 0 Å². The second-order valence-corrected chi connectivity index (χ2v) is 57.2. The van der Waals surface area contributed by atoms with Gasteiger partial charge >= 0.3 is 0 Å². The zero-order valence-electron chi connectivity index (χ0n) is 33.6. The molecule has 1 aromatic heterocycles. The Labute approximate surface area is 297 Å². The van der Waals surface area contributed by atoms with Gasteiger partial charge in [-0.15, -0.1) is 0 Å². The number of benzene rings is 3. The fourth-order valence-corrected chi connectivity index (χ4v) is 52.7. The van der Waals surface area contributed by atoms with E-state index in [1.807, 2.05) is 16.3 Å². The summed E-state index contributed by atoms with van der Waals surface area (Å²) in [7, 11) is -10.8. The molecule has 3 aromatic carbocycles. The summed E-state index contributed by atoms with van der Waals surface area (Å²) in [4.78, 5) is 3.24. The molecule has 0 bridgehead atoms. The van der Waals surface area contributed by atoms with Gasteiger partial charge < -0.3 is 0 Å². The SMILES string of the molecule is C[Si](C)(C)C(c1cc(C([Si](C)(C)C)[Si](C)(C)C)c(-[si]2c3ccccc3cc3ccccc32)c(C([Si](C)(C)C)[Si](C)(C)C)c1)[Si](C)(C)C. The van der Waals surface area contributed by atoms with Gasteiger partial charge in [0.15, 0.2) is 0 Å². The maximum absolute atomic E-state index is 2.91. The zero-order valence-corrected chi connectivity index (χ0v) is 40.6. The fraction of sp³-hybridized carbons (Fsp3) is 0.525. The van der Waals surface area contributed by atoms with Crippen LogP contribution in [-0.2, 0) is 0 Å². The van der Waals surface area contributed by atoms with E-state index in [0.717, 1.165) is 5.16 Å². The minimum atomic E-state index is -1.62. The molecule has 0 amide bonds. The Balaban J connectivity index is 2.46. The molecule has 4 aromatic rings. The molecular formula is C40H68Si7. The van der Waals surface area contributed by atoms with Crippen LogP contribution in [0.3, 0.4) is 0 Å². The molecule has 0 atom stereocenters. The van der Waals surface area contributed by atoms with Crippen molar-refractivity contribution in [1.29, 1.82) is 0 Å². The summed E-state index contributed by atoms with van der Waals surface area (Å²) in [5.74, 6) is 0. The van der Waals surface area contributed by atoms with Crippen LogP contribution in [0.25, 0.3) is 26.0 Å². The molecule has 0 aliphatic carbocycles. The minimum Gasteiger partial charge on any atom is -0.0693 e. The first-order valence-corrected chi connectivity index (χ1v) is 41.2. The Bertz CT molecular complexity index is 1600. The Hall–Kier alpha value is -0.952. The van der Waals surface area contributed by atoms with Gasteiger partial charge in [0.2, 0.25) is 0 Å². The summed E-state index contributed by atoms with van der Waals surface area (Å²) in [5, 5.41) is 6.90. The molecule has 1 heterocycles. The Morgan fingerprint density at radius 1 is 0.383 bits per heavy atom. The van der Waals surface area contributed by atoms with Gasteiger partial charge in [0, 0.05) is 48.4 Å². The van der Waals surface area contributed by atoms with Crippen molar-refractivity contribution in [3.8, 4) is 5.19 Å². The quantitative estimate of drug-likeness (QED) is 0.112. The van der Waals surface area contributed by atoms with Crippen LogP contribution in [0.15, 0.2) is 66.7 Å². The van der Waals surface area contributed by atoms with E-state index in [-0.39, 0.29) is 0 Å². The van der Waals surface area contributed by atoms with Crippen LogP contribution in [0.5, 0.6) is 0 Å². The molecule has 0 aliphatic rings. The van der Waals surface area contributed by atoms with E-state index in [1.54, 1.807) is 15.6 Å². The molecule has 4 rings (SSSR count). The largest absolute Gasteiger partial charge is 0.0896 e. The summed E-state index contributed by atoms with van der Waals surface area (Å²) in [6.45, 7) is 48.4. The van der Waals surface area contributed by atoms with Gasteiger partial charge in [-0.1, -0.05) is 179 Å². The van der Waals surface area contributed by atoms with E-state index in [9.17, 15) is 0 Å². The monoisotopic (exact) mass is 744 g/mol. The second kappa shape index (κ2) is 13.0. The van der Waals surface area contributed by atoms with Crippen LogP contribution in [0.1, 0.15) is 32.2 Å². The summed E-state index contributed by atoms with van der Waals surface area (Å²) in [6, 6.07) is 27.3. The van der Waals surface area contributed by atoms with Crippen LogP contribution < -0.4 is 0 Å². The highest BCUT2D eigenvalue weighted by molar-refractivity contribution is 6.99. The third-order valence-corrected chi connectivity index (χ3v) is 41.4. The molecule has 0 fully saturated rings. The van der Waals surface area contributed by atoms with Crippen LogP contribution in [0.2, 0.25) is 118 Å². The van der Waals surface area contributed by atoms with E-state index in [4.69, 9.17) is 0 Å². The minimum absolute atomic E-state index is 0.708. The van der Waals surface area contributed by atoms with Crippen LogP contribution in [0, 0.1) is 0 Å². The summed E-state index contributed by atoms with van der Waals surface area (Å²) in [5.41, 5.74) is 5.38. The lowest BCUT2D eigenvalue weighted by atomic mass is 10.1. The third-order valence-electron chi connectivity index (χ3n) is 10.4. The van der Waals surface area contributed by atoms with Gasteiger partial charge in [0.1, 0.15) is 0 Å². The normalized spacial score (nSPS) is 14.3. The maximum Gasteiger partial charge on any atom is 0.0896 e. The summed E-state index contributed by atoms with van der Waals surface area (Å²) in [6.07, 6.45) is 0. The summed E-state index contributed by atoms with van der Waals surface area (Å²) >= 11 is 0. The van der Waals surface area contributed by atoms with Gasteiger partial charge in [-0.3, -0.25) is 0 Å². The van der Waals surface area contributed by atoms with E-state index < -0.39 is 56.8 Å². The van der Waals surface area contributed by atoms with E-state index in [0.29, 0.717) is 10.3 Å². The molecule has 0 spiro atoms. The van der Waals surface area contributed by atoms with Crippen molar-refractivity contribution in [1.82, 2.24) is 0 Å². The first kappa shape index (κ1) is 38.8. The third kappa shape index (κ3) is 8.18. The highest BCUT2D eigenvalue weighted by Gasteiger charge is 2.47. The lowest BCUT2D eigenvalue weighted by Gasteiger charge is -2.46. The van der Waals surface area contributed by atoms with Crippen molar-refractivity contribution in [3.05, 3.63) is 83.4 Å². The Morgan fingerprint density at radius 2 is 0.681 bits per heavy atom. The average molecular weight is 746 g/mol. The van der Waals surface area contributed by atoms with Gasteiger partial charge in [-0.05, 0) is 64.2 Å². The van der Waals surface area contributed by atoms with Crippen molar-refractivity contribution >= 4 is 77.6 Å². The number of hydrogen-bond acceptors (Lipinski definition) is 0. The molecule has 47 heavy (non-hydrogen) atoms. The van der Waals surface area contributed by atoms with Crippen molar-refractivity contribution in [3.63, 3.8) is 0 Å². The predicted octanol–water partition coefficient (Wildman–Crippen LogP) is 13.5. The van der Waals surface area contributed by atoms with Crippen molar-refractivity contribution in [2.24, 2.45) is 0 Å². The van der Waals surface area contributed by atoms with Gasteiger partial charge in [0.05, 0.1) is 8.40 Å². The fourth-order valence-electron chi connectivity index (χ4n) is 10.7. The molecule has 256 valence electrons. The standard InChI is InChI=1S/C40H68Si7/c1-42(2,3)38(43(4,5)6)32-28-33(39(44(7,8)9)45(10,11)12)37(34(29-32)40(46(13,14)15)47(16,17)18)41-35-25-21-19-23-30(35)27-31-24-20-22-26-36(31)41/h19-29,38-40H,1-18H3. The first-order chi connectivity index (χ1) is 21.1. The second-order valence-electron chi connectivity index (χ2n) is 21.3. The summed E-state index contributed by atoms with van der Waals surface area (Å²) < 4.78 is 0. The van der Waals surface area contributed by atoms with Gasteiger partial charge in [-0.25, -0.2) is 0 Å². The topological polar surface area (TPSA) is 0 Å². The zero-order chi connectivity index (χ0) is 35.7. The van der Waals surface area contributed by atoms with Crippen LogP contribution in [0.4, 0.5) is 0 Å². The highest BCUT2D eigenvalue weighted by atomic mass is 28.4. The number of rotatable bonds is 10. The molecule has 0 aliphatic heterocycles. The molecule has 0 N–H and O–H groups in total. The molecule has 0 radical (unpaired) electrons. The Kier molecular flexibility index (Phi) is 10.7. The van der Waals surface area contributed by atoms with Gasteiger partial charge in [0.25, 0.3) is 0 Å². The number of fused-ring (bicyclic) bond motifs is 2. The molecule has 0 saturated heterocycles. The van der Waals surface area contributed by atoms with Crippen molar-refractivity contribution < 1.29 is 0 Å². The van der Waals surface area contributed by atoms with E-state index >= 15 is 0 Å². The van der Waals surface area contributed by atoms with E-state index in [2.05, 4.69) is 185 Å². The number of hydrogen-bond donors (Lipinski definition) is 0. The molecule has 7 heteroatoms. The van der Waals surface area contributed by atoms with Crippen molar-refractivity contribution in [2.45, 2.75) is 133 Å². The smallest absolute Gasteiger partial charge is 0.0693 e. The molecule has 0 nitrogen and oxygen atoms in total. The average Bonchev–Trinajstić information content (AvgIpc) is 2.82. The molecular weight excluding hydrogens is 677 g/mol. The highest BCUT2D eigenvalue weighted by Crippen LogP contribution is 2.49. The lowest BCUT2D eigenvalue weighted by molar-refractivity contribution is 1.09. The van der Waals surface area contributed by atoms with E-state index in [1.165, 1.54) is 10.8 Å². The van der Waals surface area contributed by atoms with Crippen molar-refractivity contribution in [2.75, 3.05) is 0 Å². The lowest BCUT2D eigenvalue weighted by Crippen LogP contribution is -2.50.